The van der Waals surface area contributed by atoms with Crippen LogP contribution >= 0.6 is 0 Å². The summed E-state index contributed by atoms with van der Waals surface area (Å²) in [6.07, 6.45) is 2.17. The average molecular weight is 258 g/mol. The molecule has 0 saturated heterocycles. The number of benzene rings is 1. The van der Waals surface area contributed by atoms with E-state index < -0.39 is 0 Å². The third kappa shape index (κ3) is 3.13. The number of fused-ring (bicyclic) bond motifs is 1. The van der Waals surface area contributed by atoms with Gasteiger partial charge in [-0.25, -0.2) is 0 Å². The topological polar surface area (TPSA) is 80.0 Å². The standard InChI is InChI=1S/C14H18N4O/c1-2-16-13(19)7-9-18-12-6-5-11-10(14(12)15)4-3-8-17-11/h3-6,8,18H,2,7,9,15H2,1H3,(H,16,19). The fraction of sp³-hybridized carbons (Fsp3) is 0.286. The first-order valence-corrected chi connectivity index (χ1v) is 6.36. The zero-order valence-corrected chi connectivity index (χ0v) is 10.9. The highest BCUT2D eigenvalue weighted by Crippen LogP contribution is 2.27. The maximum absolute atomic E-state index is 11.3. The quantitative estimate of drug-likeness (QED) is 0.714. The molecule has 2 aromatic rings. The predicted molar refractivity (Wildman–Crippen MR) is 77.9 cm³/mol. The summed E-state index contributed by atoms with van der Waals surface area (Å²) < 4.78 is 0. The molecule has 1 amide bonds. The van der Waals surface area contributed by atoms with Crippen molar-refractivity contribution in [2.45, 2.75) is 13.3 Å². The molecule has 5 heteroatoms. The Morgan fingerprint density at radius 1 is 1.37 bits per heavy atom. The minimum atomic E-state index is 0.0380. The van der Waals surface area contributed by atoms with E-state index in [9.17, 15) is 4.79 Å². The molecule has 2 rings (SSSR count). The van der Waals surface area contributed by atoms with Gasteiger partial charge in [0.25, 0.3) is 0 Å². The zero-order chi connectivity index (χ0) is 13.7. The number of hydrogen-bond donors (Lipinski definition) is 3. The Kier molecular flexibility index (Phi) is 4.18. The molecule has 0 bridgehead atoms. The van der Waals surface area contributed by atoms with E-state index in [0.717, 1.165) is 16.6 Å². The van der Waals surface area contributed by atoms with E-state index in [1.807, 2.05) is 31.2 Å². The number of nitrogen functional groups attached to an aromatic ring is 1. The Morgan fingerprint density at radius 2 is 2.21 bits per heavy atom. The third-order valence-corrected chi connectivity index (χ3v) is 2.87. The number of nitrogens with zero attached hydrogens (tertiary/aromatic N) is 1. The molecule has 1 aromatic carbocycles. The minimum absolute atomic E-state index is 0.0380. The molecule has 4 N–H and O–H groups in total. The van der Waals surface area contributed by atoms with E-state index in [1.165, 1.54) is 0 Å². The van der Waals surface area contributed by atoms with E-state index in [2.05, 4.69) is 15.6 Å². The van der Waals surface area contributed by atoms with Gasteiger partial charge in [-0.15, -0.1) is 0 Å². The molecule has 0 aliphatic rings. The lowest BCUT2D eigenvalue weighted by Gasteiger charge is -2.11. The zero-order valence-electron chi connectivity index (χ0n) is 10.9. The molecular formula is C14H18N4O. The van der Waals surface area contributed by atoms with Crippen LogP contribution in [0.4, 0.5) is 11.4 Å². The lowest BCUT2D eigenvalue weighted by Crippen LogP contribution is -2.24. The lowest BCUT2D eigenvalue weighted by molar-refractivity contribution is -0.120. The molecule has 0 atom stereocenters. The summed E-state index contributed by atoms with van der Waals surface area (Å²) in [5.41, 5.74) is 8.47. The van der Waals surface area contributed by atoms with Crippen molar-refractivity contribution in [1.29, 1.82) is 0 Å². The van der Waals surface area contributed by atoms with Gasteiger partial charge in [0.1, 0.15) is 0 Å². The van der Waals surface area contributed by atoms with E-state index in [0.29, 0.717) is 25.2 Å². The van der Waals surface area contributed by atoms with Crippen LogP contribution in [0.15, 0.2) is 30.5 Å². The molecule has 0 fully saturated rings. The molecule has 0 unspecified atom stereocenters. The number of carbonyl (C=O) groups is 1. The summed E-state index contributed by atoms with van der Waals surface area (Å²) in [7, 11) is 0. The first kappa shape index (κ1) is 13.1. The summed E-state index contributed by atoms with van der Waals surface area (Å²) in [6, 6.07) is 7.60. The van der Waals surface area contributed by atoms with Gasteiger partial charge in [-0.3, -0.25) is 9.78 Å². The van der Waals surface area contributed by atoms with Crippen LogP contribution in [-0.2, 0) is 4.79 Å². The van der Waals surface area contributed by atoms with Crippen LogP contribution in [0.2, 0.25) is 0 Å². The average Bonchev–Trinajstić information content (AvgIpc) is 2.42. The molecular weight excluding hydrogens is 240 g/mol. The summed E-state index contributed by atoms with van der Waals surface area (Å²) >= 11 is 0. The van der Waals surface area contributed by atoms with Crippen molar-refractivity contribution in [3.8, 4) is 0 Å². The summed E-state index contributed by atoms with van der Waals surface area (Å²) in [6.45, 7) is 3.12. The van der Waals surface area contributed by atoms with Crippen molar-refractivity contribution < 1.29 is 4.79 Å². The van der Waals surface area contributed by atoms with Crippen molar-refractivity contribution in [3.63, 3.8) is 0 Å². The number of rotatable bonds is 5. The van der Waals surface area contributed by atoms with E-state index in [4.69, 9.17) is 5.73 Å². The molecule has 0 saturated carbocycles. The van der Waals surface area contributed by atoms with Crippen LogP contribution in [-0.4, -0.2) is 24.0 Å². The predicted octanol–water partition coefficient (Wildman–Crippen LogP) is 1.76. The van der Waals surface area contributed by atoms with Gasteiger partial charge in [-0.1, -0.05) is 0 Å². The van der Waals surface area contributed by atoms with Crippen molar-refractivity contribution >= 4 is 28.2 Å². The van der Waals surface area contributed by atoms with Crippen molar-refractivity contribution in [2.24, 2.45) is 0 Å². The van der Waals surface area contributed by atoms with Gasteiger partial charge >= 0.3 is 0 Å². The number of aromatic nitrogens is 1. The molecule has 19 heavy (non-hydrogen) atoms. The smallest absolute Gasteiger partial charge is 0.221 e. The van der Waals surface area contributed by atoms with E-state index in [1.54, 1.807) is 6.20 Å². The van der Waals surface area contributed by atoms with Gasteiger partial charge in [-0.05, 0) is 31.2 Å². The van der Waals surface area contributed by atoms with Gasteiger partial charge < -0.3 is 16.4 Å². The molecule has 100 valence electrons. The van der Waals surface area contributed by atoms with E-state index in [-0.39, 0.29) is 5.91 Å². The van der Waals surface area contributed by atoms with Gasteiger partial charge in [0.15, 0.2) is 0 Å². The molecule has 5 nitrogen and oxygen atoms in total. The van der Waals surface area contributed by atoms with Gasteiger partial charge in [0.05, 0.1) is 16.9 Å². The van der Waals surface area contributed by atoms with Crippen LogP contribution in [0.3, 0.4) is 0 Å². The highest BCUT2D eigenvalue weighted by Gasteiger charge is 2.05. The fourth-order valence-electron chi connectivity index (χ4n) is 1.93. The maximum Gasteiger partial charge on any atom is 0.221 e. The number of hydrogen-bond acceptors (Lipinski definition) is 4. The first-order valence-electron chi connectivity index (χ1n) is 6.36. The van der Waals surface area contributed by atoms with Crippen molar-refractivity contribution in [1.82, 2.24) is 10.3 Å². The highest BCUT2D eigenvalue weighted by atomic mass is 16.1. The Balaban J connectivity index is 2.05. The molecule has 1 aromatic heterocycles. The normalized spacial score (nSPS) is 10.4. The molecule has 0 spiro atoms. The number of pyridine rings is 1. The number of carbonyl (C=O) groups excluding carboxylic acids is 1. The molecule has 0 radical (unpaired) electrons. The van der Waals surface area contributed by atoms with Crippen LogP contribution in [0.5, 0.6) is 0 Å². The molecule has 0 aliphatic heterocycles. The lowest BCUT2D eigenvalue weighted by atomic mass is 10.1. The summed E-state index contributed by atoms with van der Waals surface area (Å²) in [5.74, 6) is 0.0380. The SMILES string of the molecule is CCNC(=O)CCNc1ccc2ncccc2c1N. The second-order valence-corrected chi connectivity index (χ2v) is 4.23. The Morgan fingerprint density at radius 3 is 3.00 bits per heavy atom. The highest BCUT2D eigenvalue weighted by molar-refractivity contribution is 5.96. The van der Waals surface area contributed by atoms with Gasteiger partial charge in [0, 0.05) is 31.1 Å². The van der Waals surface area contributed by atoms with Crippen LogP contribution in [0.25, 0.3) is 10.9 Å². The summed E-state index contributed by atoms with van der Waals surface area (Å²) in [5, 5.41) is 6.86. The molecule has 1 heterocycles. The monoisotopic (exact) mass is 258 g/mol. The van der Waals surface area contributed by atoms with Gasteiger partial charge in [0.2, 0.25) is 5.91 Å². The number of anilines is 2. The maximum atomic E-state index is 11.3. The largest absolute Gasteiger partial charge is 0.397 e. The van der Waals surface area contributed by atoms with Crippen molar-refractivity contribution in [2.75, 3.05) is 24.1 Å². The summed E-state index contributed by atoms with van der Waals surface area (Å²) in [4.78, 5) is 15.6. The first-order chi connectivity index (χ1) is 9.22. The number of nitrogens with one attached hydrogen (secondary N) is 2. The molecule has 0 aliphatic carbocycles. The van der Waals surface area contributed by atoms with Crippen LogP contribution < -0.4 is 16.4 Å². The van der Waals surface area contributed by atoms with Crippen molar-refractivity contribution in [3.05, 3.63) is 30.5 Å². The van der Waals surface area contributed by atoms with Gasteiger partial charge in [-0.2, -0.15) is 0 Å². The van der Waals surface area contributed by atoms with Crippen LogP contribution in [0.1, 0.15) is 13.3 Å². The van der Waals surface area contributed by atoms with E-state index >= 15 is 0 Å². The number of nitrogens with two attached hydrogens (primary N) is 1. The minimum Gasteiger partial charge on any atom is -0.397 e. The Bertz CT molecular complexity index is 583. The fourth-order valence-corrected chi connectivity index (χ4v) is 1.93. The third-order valence-electron chi connectivity index (χ3n) is 2.87. The Labute approximate surface area is 112 Å². The number of amides is 1. The second kappa shape index (κ2) is 6.04. The Hall–Kier alpha value is -2.30. The second-order valence-electron chi connectivity index (χ2n) is 4.23. The van der Waals surface area contributed by atoms with Crippen LogP contribution in [0, 0.1) is 0 Å².